The van der Waals surface area contributed by atoms with Crippen LogP contribution in [0.2, 0.25) is 0 Å². The number of rotatable bonds is 5. The van der Waals surface area contributed by atoms with E-state index in [9.17, 15) is 5.48 Å². The Morgan fingerprint density at radius 2 is 1.11 bits per heavy atom. The smallest absolute Gasteiger partial charge is 0.143 e. The van der Waals surface area contributed by atoms with Crippen molar-refractivity contribution in [1.82, 2.24) is 0 Å². The fourth-order valence-electron chi connectivity index (χ4n) is 6.05. The van der Waals surface area contributed by atoms with E-state index in [1.165, 1.54) is 0 Å². The summed E-state index contributed by atoms with van der Waals surface area (Å²) in [4.78, 5) is 0.658. The maximum absolute atomic E-state index is 9.51. The van der Waals surface area contributed by atoms with Crippen LogP contribution in [0.5, 0.6) is 0 Å². The van der Waals surface area contributed by atoms with Gasteiger partial charge in [0.1, 0.15) is 11.2 Å². The van der Waals surface area contributed by atoms with Gasteiger partial charge in [0.15, 0.2) is 0 Å². The van der Waals surface area contributed by atoms with Gasteiger partial charge in [-0.15, -0.1) is 0 Å². The van der Waals surface area contributed by atoms with Gasteiger partial charge in [0.2, 0.25) is 0 Å². The van der Waals surface area contributed by atoms with E-state index < -0.39 is 102 Å². The first-order valence-corrected chi connectivity index (χ1v) is 14.5. The summed E-state index contributed by atoms with van der Waals surface area (Å²) in [6.07, 6.45) is 0. The molecule has 0 saturated carbocycles. The van der Waals surface area contributed by atoms with Crippen molar-refractivity contribution in [2.24, 2.45) is 0 Å². The van der Waals surface area contributed by atoms with Crippen LogP contribution in [0.15, 0.2) is 180 Å². The minimum absolute atomic E-state index is 0.133. The number of furan rings is 1. The molecule has 0 bridgehead atoms. The van der Waals surface area contributed by atoms with E-state index in [1.54, 1.807) is 18.2 Å². The van der Waals surface area contributed by atoms with Crippen molar-refractivity contribution in [3.05, 3.63) is 176 Å². The first-order valence-electron chi connectivity index (χ1n) is 21.5. The van der Waals surface area contributed by atoms with Gasteiger partial charge in [-0.3, -0.25) is 0 Å². The zero-order chi connectivity index (χ0) is 42.6. The molecule has 0 N–H and O–H groups in total. The fraction of sp³-hybridized carbons (Fsp3) is 0. The number of nitrogens with zero attached hydrogens (tertiary/aromatic N) is 1. The standard InChI is InChI=1S/C44H29NO/c1-3-14-34(15-4-1)45(35-16-5-2-6-17-35)36-26-24-31(25-27-36)40-29-41-43-37(33-23-22-30-12-7-8-13-32(30)28-33)20-11-21-42(43)46-44(41)39-19-10-9-18-38(39)40/h1-29H/i1D,2D,3D,4D,5D,6D,14D,15D,16D,17D,24D,25D,26D,27D. The van der Waals surface area contributed by atoms with Crippen molar-refractivity contribution >= 4 is 60.5 Å². The summed E-state index contributed by atoms with van der Waals surface area (Å²) in [5.74, 6) is 0. The van der Waals surface area contributed by atoms with Crippen molar-refractivity contribution in [3.8, 4) is 22.3 Å². The molecule has 46 heavy (non-hydrogen) atoms. The van der Waals surface area contributed by atoms with E-state index in [1.807, 2.05) is 66.7 Å². The van der Waals surface area contributed by atoms with Crippen LogP contribution < -0.4 is 4.90 Å². The molecule has 0 amide bonds. The maximum atomic E-state index is 9.51. The van der Waals surface area contributed by atoms with Gasteiger partial charge < -0.3 is 9.32 Å². The third-order valence-corrected chi connectivity index (χ3v) is 8.09. The van der Waals surface area contributed by atoms with E-state index in [-0.39, 0.29) is 5.56 Å². The molecule has 2 nitrogen and oxygen atoms in total. The van der Waals surface area contributed by atoms with Crippen LogP contribution in [-0.2, 0) is 0 Å². The molecule has 216 valence electrons. The molecule has 0 fully saturated rings. The Morgan fingerprint density at radius 3 is 1.85 bits per heavy atom. The minimum Gasteiger partial charge on any atom is -0.455 e. The highest BCUT2D eigenvalue weighted by molar-refractivity contribution is 6.22. The Bertz CT molecular complexity index is 3190. The molecule has 1 heterocycles. The third kappa shape index (κ3) is 4.35. The summed E-state index contributed by atoms with van der Waals surface area (Å²) in [7, 11) is 0. The van der Waals surface area contributed by atoms with Gasteiger partial charge in [0.25, 0.3) is 0 Å². The van der Waals surface area contributed by atoms with Gasteiger partial charge >= 0.3 is 0 Å². The van der Waals surface area contributed by atoms with Crippen molar-refractivity contribution < 1.29 is 23.6 Å². The van der Waals surface area contributed by atoms with E-state index in [0.29, 0.717) is 37.8 Å². The van der Waals surface area contributed by atoms with Crippen molar-refractivity contribution in [1.29, 1.82) is 0 Å². The van der Waals surface area contributed by atoms with E-state index in [2.05, 4.69) is 6.07 Å². The predicted octanol–water partition coefficient (Wildman–Crippen LogP) is 12.7. The number of anilines is 3. The molecule has 0 spiro atoms. The molecular formula is C44H29NO. The second-order valence-electron chi connectivity index (χ2n) is 10.7. The van der Waals surface area contributed by atoms with Crippen LogP contribution in [0.4, 0.5) is 17.1 Å². The molecule has 0 radical (unpaired) electrons. The van der Waals surface area contributed by atoms with E-state index in [4.69, 9.17) is 18.1 Å². The molecule has 8 aromatic carbocycles. The lowest BCUT2D eigenvalue weighted by Crippen LogP contribution is -2.09. The van der Waals surface area contributed by atoms with Crippen LogP contribution in [-0.4, -0.2) is 0 Å². The Labute approximate surface area is 287 Å². The SMILES string of the molecule is [2H]c1c([2H])c([2H])c(N(c2c([2H])c([2H])c([2H])c([2H])c2[2H])c2c([2H])c([2H])c(-c3cc4c(oc5cccc(-c6ccc7ccccc7c6)c54)c4ccccc34)c([2H])c2[2H])c([2H])c1[2H]. The van der Waals surface area contributed by atoms with Crippen LogP contribution in [0.25, 0.3) is 65.7 Å². The topological polar surface area (TPSA) is 16.4 Å². The maximum Gasteiger partial charge on any atom is 0.143 e. The van der Waals surface area contributed by atoms with Gasteiger partial charge in [-0.1, -0.05) is 121 Å². The molecule has 0 atom stereocenters. The van der Waals surface area contributed by atoms with Crippen molar-refractivity contribution in [3.63, 3.8) is 0 Å². The zero-order valence-corrected chi connectivity index (χ0v) is 24.0. The minimum atomic E-state index is -0.862. The summed E-state index contributed by atoms with van der Waals surface area (Å²) >= 11 is 0. The monoisotopic (exact) mass is 601 g/mol. The summed E-state index contributed by atoms with van der Waals surface area (Å²) in [5, 5.41) is 4.68. The largest absolute Gasteiger partial charge is 0.455 e. The van der Waals surface area contributed by atoms with Gasteiger partial charge in [0.05, 0.1) is 19.2 Å². The van der Waals surface area contributed by atoms with E-state index in [0.717, 1.165) is 27.3 Å². The van der Waals surface area contributed by atoms with Crippen molar-refractivity contribution in [2.75, 3.05) is 4.90 Å². The summed E-state index contributed by atoms with van der Waals surface area (Å²) in [6, 6.07) is 17.8. The predicted molar refractivity (Wildman–Crippen MR) is 194 cm³/mol. The lowest BCUT2D eigenvalue weighted by Gasteiger charge is -2.25. The van der Waals surface area contributed by atoms with Crippen LogP contribution >= 0.6 is 0 Å². The van der Waals surface area contributed by atoms with Gasteiger partial charge in [-0.05, 0) is 92.9 Å². The highest BCUT2D eigenvalue weighted by atomic mass is 16.3. The van der Waals surface area contributed by atoms with Gasteiger partial charge in [0, 0.05) is 33.2 Å². The molecular weight excluding hydrogens is 558 g/mol. The van der Waals surface area contributed by atoms with Gasteiger partial charge in [-0.25, -0.2) is 0 Å². The molecule has 9 aromatic rings. The number of hydrogen-bond acceptors (Lipinski definition) is 2. The average Bonchev–Trinajstić information content (AvgIpc) is 3.64. The molecule has 0 aliphatic carbocycles. The Kier molecular flexibility index (Phi) is 3.70. The quantitative estimate of drug-likeness (QED) is 0.195. The first kappa shape index (κ1) is 15.7. The summed E-state index contributed by atoms with van der Waals surface area (Å²) in [6.45, 7) is 0. The third-order valence-electron chi connectivity index (χ3n) is 8.09. The van der Waals surface area contributed by atoms with Crippen LogP contribution in [0.1, 0.15) is 19.2 Å². The molecule has 0 aliphatic heterocycles. The van der Waals surface area contributed by atoms with Crippen LogP contribution in [0.3, 0.4) is 0 Å². The molecule has 0 unspecified atom stereocenters. The molecule has 0 aliphatic rings. The second kappa shape index (κ2) is 10.8. The molecule has 9 rings (SSSR count). The normalized spacial score (nSPS) is 15.7. The highest BCUT2D eigenvalue weighted by Gasteiger charge is 2.18. The number of para-hydroxylation sites is 2. The first-order chi connectivity index (χ1) is 28.6. The Balaban J connectivity index is 1.37. The lowest BCUT2D eigenvalue weighted by molar-refractivity contribution is 0.673. The van der Waals surface area contributed by atoms with Crippen molar-refractivity contribution in [2.45, 2.75) is 0 Å². The number of fused-ring (bicyclic) bond motifs is 6. The summed E-state index contributed by atoms with van der Waals surface area (Å²) in [5.41, 5.74) is 0.937. The Morgan fingerprint density at radius 1 is 0.457 bits per heavy atom. The fourth-order valence-corrected chi connectivity index (χ4v) is 6.05. The average molecular weight is 602 g/mol. The highest BCUT2D eigenvalue weighted by Crippen LogP contribution is 2.44. The summed E-state index contributed by atoms with van der Waals surface area (Å²) < 4.78 is 130. The zero-order valence-electron chi connectivity index (χ0n) is 38.0. The van der Waals surface area contributed by atoms with Gasteiger partial charge in [-0.2, -0.15) is 0 Å². The molecule has 2 heteroatoms. The number of benzene rings is 8. The van der Waals surface area contributed by atoms with E-state index >= 15 is 0 Å². The second-order valence-corrected chi connectivity index (χ2v) is 10.7. The Hall–Kier alpha value is -6.12. The van der Waals surface area contributed by atoms with Crippen LogP contribution in [0, 0.1) is 0 Å². The number of hydrogen-bond donors (Lipinski definition) is 0. The molecule has 1 aromatic heterocycles. The molecule has 0 saturated heterocycles. The lowest BCUT2D eigenvalue weighted by atomic mass is 9.92.